The number of amides is 3. The fraction of sp³-hybridized carbons (Fsp3) is 0.423. The first-order valence-electron chi connectivity index (χ1n) is 11.8. The van der Waals surface area contributed by atoms with E-state index in [1.165, 1.54) is 24.3 Å². The smallest absolute Gasteiger partial charge is 0.253 e. The van der Waals surface area contributed by atoms with Gasteiger partial charge < -0.3 is 15.5 Å². The van der Waals surface area contributed by atoms with Crippen LogP contribution in [0.5, 0.6) is 0 Å². The molecule has 0 unspecified atom stereocenters. The Hall–Kier alpha value is -2.93. The number of rotatable bonds is 5. The van der Waals surface area contributed by atoms with Gasteiger partial charge in [-0.2, -0.15) is 0 Å². The highest BCUT2D eigenvalue weighted by Gasteiger charge is 2.33. The molecular formula is C26H29ClFN3O3. The molecular weight excluding hydrogens is 457 g/mol. The molecule has 1 saturated heterocycles. The summed E-state index contributed by atoms with van der Waals surface area (Å²) < 4.78 is 13.2. The lowest BCUT2D eigenvalue weighted by atomic mass is 9.88. The fourth-order valence-corrected chi connectivity index (χ4v) is 4.91. The molecule has 3 amide bonds. The standard InChI is InChI=1S/C26H29ClFN3O3/c27-20-11-7-18(8-12-20)26(34)31-15-3-4-19(16-31)25(33)30-23-6-2-1-5-22(23)29-24(32)17-9-13-21(28)14-10-17/h7-14,19,22-23H,1-6,15-16H2,(H,29,32)(H,30,33)/t19-,22-,23-/m1/s1. The van der Waals surface area contributed by atoms with E-state index < -0.39 is 5.82 Å². The zero-order chi connectivity index (χ0) is 24.1. The van der Waals surface area contributed by atoms with E-state index in [2.05, 4.69) is 10.6 Å². The van der Waals surface area contributed by atoms with Gasteiger partial charge in [-0.25, -0.2) is 4.39 Å². The number of nitrogens with one attached hydrogen (secondary N) is 2. The van der Waals surface area contributed by atoms with Crippen molar-refractivity contribution in [3.63, 3.8) is 0 Å². The second-order valence-electron chi connectivity index (χ2n) is 9.08. The molecule has 3 atom stereocenters. The number of carbonyl (C=O) groups is 3. The molecule has 2 aliphatic rings. The average Bonchev–Trinajstić information content (AvgIpc) is 2.85. The van der Waals surface area contributed by atoms with E-state index in [1.54, 1.807) is 29.2 Å². The number of hydrogen-bond donors (Lipinski definition) is 2. The third kappa shape index (κ3) is 5.95. The molecule has 0 bridgehead atoms. The molecule has 2 aromatic rings. The second-order valence-corrected chi connectivity index (χ2v) is 9.52. The average molecular weight is 486 g/mol. The lowest BCUT2D eigenvalue weighted by molar-refractivity contribution is -0.127. The molecule has 1 aliphatic carbocycles. The molecule has 2 fully saturated rings. The van der Waals surface area contributed by atoms with Crippen molar-refractivity contribution in [3.05, 3.63) is 70.5 Å². The predicted molar refractivity (Wildman–Crippen MR) is 128 cm³/mol. The van der Waals surface area contributed by atoms with Gasteiger partial charge in [0, 0.05) is 41.3 Å². The molecule has 1 heterocycles. The molecule has 8 heteroatoms. The number of nitrogens with zero attached hydrogens (tertiary/aromatic N) is 1. The van der Waals surface area contributed by atoms with Crippen LogP contribution in [-0.2, 0) is 4.79 Å². The Morgan fingerprint density at radius 2 is 1.44 bits per heavy atom. The number of benzene rings is 2. The number of halogens is 2. The minimum absolute atomic E-state index is 0.0819. The highest BCUT2D eigenvalue weighted by Crippen LogP contribution is 2.23. The Labute approximate surface area is 203 Å². The van der Waals surface area contributed by atoms with E-state index in [4.69, 9.17) is 11.6 Å². The van der Waals surface area contributed by atoms with Crippen molar-refractivity contribution in [3.8, 4) is 0 Å². The van der Waals surface area contributed by atoms with Gasteiger partial charge in [0.25, 0.3) is 11.8 Å². The van der Waals surface area contributed by atoms with Crippen molar-refractivity contribution in [2.45, 2.75) is 50.6 Å². The van der Waals surface area contributed by atoms with E-state index in [0.717, 1.165) is 38.5 Å². The largest absolute Gasteiger partial charge is 0.351 e. The van der Waals surface area contributed by atoms with Gasteiger partial charge in [0.2, 0.25) is 5.91 Å². The van der Waals surface area contributed by atoms with Gasteiger partial charge in [-0.1, -0.05) is 24.4 Å². The SMILES string of the molecule is O=C(N[C@@H]1CCCC[C@H]1NC(=O)[C@@H]1CCCN(C(=O)c2ccc(Cl)cc2)C1)c1ccc(F)cc1. The van der Waals surface area contributed by atoms with Crippen LogP contribution < -0.4 is 10.6 Å². The summed E-state index contributed by atoms with van der Waals surface area (Å²) in [7, 11) is 0. The molecule has 2 aromatic carbocycles. The Bertz CT molecular complexity index is 1030. The lowest BCUT2D eigenvalue weighted by Gasteiger charge is -2.36. The maximum absolute atomic E-state index is 13.2. The molecule has 1 aliphatic heterocycles. The van der Waals surface area contributed by atoms with Gasteiger partial charge in [0.1, 0.15) is 5.82 Å². The van der Waals surface area contributed by atoms with Gasteiger partial charge in [0.05, 0.1) is 5.92 Å². The summed E-state index contributed by atoms with van der Waals surface area (Å²) in [5.74, 6) is -1.14. The Morgan fingerprint density at radius 1 is 0.824 bits per heavy atom. The van der Waals surface area contributed by atoms with Gasteiger partial charge in [-0.05, 0) is 74.2 Å². The second kappa shape index (κ2) is 11.0. The van der Waals surface area contributed by atoms with Crippen molar-refractivity contribution in [1.82, 2.24) is 15.5 Å². The van der Waals surface area contributed by atoms with Gasteiger partial charge >= 0.3 is 0 Å². The quantitative estimate of drug-likeness (QED) is 0.666. The minimum Gasteiger partial charge on any atom is -0.351 e. The van der Waals surface area contributed by atoms with Crippen LogP contribution >= 0.6 is 11.6 Å². The highest BCUT2D eigenvalue weighted by molar-refractivity contribution is 6.30. The van der Waals surface area contributed by atoms with Crippen LogP contribution in [0.15, 0.2) is 48.5 Å². The summed E-state index contributed by atoms with van der Waals surface area (Å²) in [4.78, 5) is 40.4. The van der Waals surface area contributed by atoms with Crippen molar-refractivity contribution in [2.24, 2.45) is 5.92 Å². The van der Waals surface area contributed by atoms with E-state index in [0.29, 0.717) is 29.2 Å². The van der Waals surface area contributed by atoms with Crippen molar-refractivity contribution in [1.29, 1.82) is 0 Å². The zero-order valence-corrected chi connectivity index (χ0v) is 19.7. The maximum atomic E-state index is 13.2. The first-order chi connectivity index (χ1) is 16.4. The molecule has 180 valence electrons. The number of piperidine rings is 1. The van der Waals surface area contributed by atoms with Crippen LogP contribution in [0, 0.1) is 11.7 Å². The molecule has 6 nitrogen and oxygen atoms in total. The number of carbonyl (C=O) groups excluding carboxylic acids is 3. The third-order valence-electron chi connectivity index (χ3n) is 6.69. The summed E-state index contributed by atoms with van der Waals surface area (Å²) in [6, 6.07) is 11.8. The number of hydrogen-bond acceptors (Lipinski definition) is 3. The van der Waals surface area contributed by atoms with E-state index in [9.17, 15) is 18.8 Å². The lowest BCUT2D eigenvalue weighted by Crippen LogP contribution is -2.55. The normalized spacial score (nSPS) is 22.6. The fourth-order valence-electron chi connectivity index (χ4n) is 4.78. The highest BCUT2D eigenvalue weighted by atomic mass is 35.5. The maximum Gasteiger partial charge on any atom is 0.253 e. The summed E-state index contributed by atoms with van der Waals surface area (Å²) >= 11 is 5.92. The first kappa shape index (κ1) is 24.2. The van der Waals surface area contributed by atoms with Crippen LogP contribution in [0.25, 0.3) is 0 Å². The Morgan fingerprint density at radius 3 is 2.12 bits per heavy atom. The third-order valence-corrected chi connectivity index (χ3v) is 6.94. The van der Waals surface area contributed by atoms with E-state index >= 15 is 0 Å². The van der Waals surface area contributed by atoms with E-state index in [1.807, 2.05) is 0 Å². The van der Waals surface area contributed by atoms with Gasteiger partial charge in [-0.3, -0.25) is 14.4 Å². The molecule has 0 aromatic heterocycles. The molecule has 34 heavy (non-hydrogen) atoms. The molecule has 0 radical (unpaired) electrons. The van der Waals surface area contributed by atoms with Crippen molar-refractivity contribution in [2.75, 3.05) is 13.1 Å². The molecule has 1 saturated carbocycles. The van der Waals surface area contributed by atoms with Crippen molar-refractivity contribution < 1.29 is 18.8 Å². The summed E-state index contributed by atoms with van der Waals surface area (Å²) in [6.07, 6.45) is 4.96. The summed E-state index contributed by atoms with van der Waals surface area (Å²) in [5, 5.41) is 6.73. The Balaban J connectivity index is 1.36. The van der Waals surface area contributed by atoms with Crippen LogP contribution in [0.2, 0.25) is 5.02 Å². The minimum atomic E-state index is -0.393. The molecule has 4 rings (SSSR count). The van der Waals surface area contributed by atoms with Crippen LogP contribution in [0.1, 0.15) is 59.2 Å². The summed E-state index contributed by atoms with van der Waals surface area (Å²) in [6.45, 7) is 0.984. The van der Waals surface area contributed by atoms with Gasteiger partial charge in [-0.15, -0.1) is 0 Å². The zero-order valence-electron chi connectivity index (χ0n) is 18.9. The predicted octanol–water partition coefficient (Wildman–Crippen LogP) is 4.19. The molecule has 0 spiro atoms. The van der Waals surface area contributed by atoms with Crippen LogP contribution in [-0.4, -0.2) is 47.8 Å². The van der Waals surface area contributed by atoms with E-state index in [-0.39, 0.29) is 35.7 Å². The molecule has 2 N–H and O–H groups in total. The van der Waals surface area contributed by atoms with Crippen LogP contribution in [0.4, 0.5) is 4.39 Å². The van der Waals surface area contributed by atoms with Crippen molar-refractivity contribution >= 4 is 29.3 Å². The number of likely N-dealkylation sites (tertiary alicyclic amines) is 1. The van der Waals surface area contributed by atoms with Crippen LogP contribution in [0.3, 0.4) is 0 Å². The Kier molecular flexibility index (Phi) is 7.83. The summed E-state index contributed by atoms with van der Waals surface area (Å²) in [5.41, 5.74) is 0.946. The topological polar surface area (TPSA) is 78.5 Å². The first-order valence-corrected chi connectivity index (χ1v) is 12.2. The van der Waals surface area contributed by atoms with Gasteiger partial charge in [0.15, 0.2) is 0 Å². The monoisotopic (exact) mass is 485 g/mol.